The first-order valence-corrected chi connectivity index (χ1v) is 6.79. The topological polar surface area (TPSA) is 0 Å². The summed E-state index contributed by atoms with van der Waals surface area (Å²) in [5.74, 6) is 0. The van der Waals surface area contributed by atoms with Crippen molar-refractivity contribution in [2.75, 3.05) is 0 Å². The first-order valence-electron chi connectivity index (χ1n) is 6.79. The van der Waals surface area contributed by atoms with Gasteiger partial charge >= 0.3 is 0 Å². The number of allylic oxidation sites excluding steroid dienone is 4. The fourth-order valence-corrected chi connectivity index (χ4v) is 2.69. The van der Waals surface area contributed by atoms with E-state index in [2.05, 4.69) is 74.5 Å². The molecular formula is C19H18. The summed E-state index contributed by atoms with van der Waals surface area (Å²) >= 11 is 0. The van der Waals surface area contributed by atoms with Crippen LogP contribution in [0.1, 0.15) is 25.8 Å². The summed E-state index contributed by atoms with van der Waals surface area (Å²) in [7, 11) is 0. The first kappa shape index (κ1) is 12.0. The minimum absolute atomic E-state index is 1.09. The van der Waals surface area contributed by atoms with Gasteiger partial charge in [0.25, 0.3) is 0 Å². The Hall–Kier alpha value is -2.08. The zero-order valence-corrected chi connectivity index (χ0v) is 11.5. The molecule has 0 saturated heterocycles. The van der Waals surface area contributed by atoms with Crippen molar-refractivity contribution in [3.05, 3.63) is 77.4 Å². The molecule has 2 aromatic rings. The summed E-state index contributed by atoms with van der Waals surface area (Å²) in [6.45, 7) is 4.46. The van der Waals surface area contributed by atoms with Gasteiger partial charge in [0.15, 0.2) is 0 Å². The highest BCUT2D eigenvalue weighted by atomic mass is 14.2. The Bertz CT molecular complexity index is 657. The predicted octanol–water partition coefficient (Wildman–Crippen LogP) is 5.48. The zero-order valence-electron chi connectivity index (χ0n) is 11.5. The average molecular weight is 246 g/mol. The van der Waals surface area contributed by atoms with Crippen LogP contribution in [-0.4, -0.2) is 0 Å². The van der Waals surface area contributed by atoms with E-state index in [0.29, 0.717) is 0 Å². The number of hydrogen-bond donors (Lipinski definition) is 0. The minimum Gasteiger partial charge on any atom is -0.0723 e. The Kier molecular flexibility index (Phi) is 3.08. The van der Waals surface area contributed by atoms with Crippen LogP contribution in [0.5, 0.6) is 0 Å². The van der Waals surface area contributed by atoms with E-state index in [-0.39, 0.29) is 0 Å². The van der Waals surface area contributed by atoms with Crippen molar-refractivity contribution in [1.29, 1.82) is 0 Å². The maximum Gasteiger partial charge on any atom is -0.0105 e. The number of rotatable bonds is 2. The van der Waals surface area contributed by atoms with Crippen LogP contribution in [-0.2, 0) is 0 Å². The van der Waals surface area contributed by atoms with Crippen LogP contribution < -0.4 is 0 Å². The normalized spacial score (nSPS) is 14.7. The molecule has 0 radical (unpaired) electrons. The molecule has 0 saturated carbocycles. The molecule has 0 atom stereocenters. The molecule has 0 N–H and O–H groups in total. The van der Waals surface area contributed by atoms with Gasteiger partial charge in [0.05, 0.1) is 0 Å². The van der Waals surface area contributed by atoms with Gasteiger partial charge in [-0.15, -0.1) is 0 Å². The maximum atomic E-state index is 2.35. The maximum absolute atomic E-state index is 2.35. The van der Waals surface area contributed by atoms with Crippen molar-refractivity contribution in [3.8, 4) is 11.1 Å². The molecule has 0 unspecified atom stereocenters. The fraction of sp³-hybridized carbons (Fsp3) is 0.158. The Morgan fingerprint density at radius 3 is 2.00 bits per heavy atom. The smallest absolute Gasteiger partial charge is 0.0105 e. The molecule has 0 nitrogen and oxygen atoms in total. The second-order valence-electron chi connectivity index (χ2n) is 5.14. The van der Waals surface area contributed by atoms with Crippen LogP contribution in [0.15, 0.2) is 71.8 Å². The van der Waals surface area contributed by atoms with Gasteiger partial charge in [-0.3, -0.25) is 0 Å². The van der Waals surface area contributed by atoms with E-state index in [1.807, 2.05) is 0 Å². The monoisotopic (exact) mass is 246 g/mol. The summed E-state index contributed by atoms with van der Waals surface area (Å²) in [6.07, 6.45) is 3.44. The molecular weight excluding hydrogens is 228 g/mol. The van der Waals surface area contributed by atoms with Gasteiger partial charge in [0.2, 0.25) is 0 Å². The quantitative estimate of drug-likeness (QED) is 0.658. The molecule has 0 amide bonds. The number of hydrogen-bond acceptors (Lipinski definition) is 0. The van der Waals surface area contributed by atoms with Crippen molar-refractivity contribution >= 4 is 5.57 Å². The second kappa shape index (κ2) is 4.89. The predicted molar refractivity (Wildman–Crippen MR) is 82.8 cm³/mol. The van der Waals surface area contributed by atoms with Gasteiger partial charge in [0, 0.05) is 0 Å². The molecule has 1 aliphatic rings. The van der Waals surface area contributed by atoms with Gasteiger partial charge < -0.3 is 0 Å². The SMILES string of the molecule is CC1=C(C)C(c2ccccc2-c2ccccc2)=CC1. The van der Waals surface area contributed by atoms with Gasteiger partial charge in [-0.2, -0.15) is 0 Å². The van der Waals surface area contributed by atoms with Crippen LogP contribution in [0, 0.1) is 0 Å². The molecule has 0 heteroatoms. The van der Waals surface area contributed by atoms with Gasteiger partial charge in [-0.05, 0) is 48.1 Å². The molecule has 1 aliphatic carbocycles. The third kappa shape index (κ3) is 2.15. The van der Waals surface area contributed by atoms with Crippen molar-refractivity contribution in [2.45, 2.75) is 20.3 Å². The molecule has 0 spiro atoms. The van der Waals surface area contributed by atoms with Gasteiger partial charge in [-0.25, -0.2) is 0 Å². The summed E-state index contributed by atoms with van der Waals surface area (Å²) < 4.78 is 0. The van der Waals surface area contributed by atoms with Crippen LogP contribution in [0.2, 0.25) is 0 Å². The highest BCUT2D eigenvalue weighted by Gasteiger charge is 2.15. The summed E-state index contributed by atoms with van der Waals surface area (Å²) in [5.41, 5.74) is 8.28. The number of benzene rings is 2. The molecule has 0 aliphatic heterocycles. The molecule has 0 aromatic heterocycles. The standard InChI is InChI=1S/C19H18/c1-14-12-13-17(15(14)2)19-11-7-6-10-18(19)16-8-4-3-5-9-16/h3-11,13H,12H2,1-2H3. The summed E-state index contributed by atoms with van der Waals surface area (Å²) in [5, 5.41) is 0. The molecule has 94 valence electrons. The molecule has 2 aromatic carbocycles. The first-order chi connectivity index (χ1) is 9.27. The average Bonchev–Trinajstić information content (AvgIpc) is 2.80. The van der Waals surface area contributed by atoms with Crippen molar-refractivity contribution in [3.63, 3.8) is 0 Å². The van der Waals surface area contributed by atoms with Crippen molar-refractivity contribution < 1.29 is 0 Å². The van der Waals surface area contributed by atoms with E-state index < -0.39 is 0 Å². The van der Waals surface area contributed by atoms with E-state index in [1.54, 1.807) is 0 Å². The fourth-order valence-electron chi connectivity index (χ4n) is 2.69. The minimum atomic E-state index is 1.09. The van der Waals surface area contributed by atoms with Crippen LogP contribution >= 0.6 is 0 Å². The Labute approximate surface area is 115 Å². The Morgan fingerprint density at radius 1 is 0.737 bits per heavy atom. The zero-order chi connectivity index (χ0) is 13.2. The Balaban J connectivity index is 2.15. The lowest BCUT2D eigenvalue weighted by Gasteiger charge is -2.12. The van der Waals surface area contributed by atoms with Crippen LogP contribution in [0.3, 0.4) is 0 Å². The highest BCUT2D eigenvalue weighted by Crippen LogP contribution is 2.37. The lowest BCUT2D eigenvalue weighted by Crippen LogP contribution is -1.89. The lowest BCUT2D eigenvalue weighted by atomic mass is 9.92. The van der Waals surface area contributed by atoms with Crippen LogP contribution in [0.4, 0.5) is 0 Å². The largest absolute Gasteiger partial charge is 0.0723 e. The van der Waals surface area contributed by atoms with E-state index in [9.17, 15) is 0 Å². The van der Waals surface area contributed by atoms with E-state index in [4.69, 9.17) is 0 Å². The van der Waals surface area contributed by atoms with Crippen LogP contribution in [0.25, 0.3) is 16.7 Å². The van der Waals surface area contributed by atoms with Gasteiger partial charge in [0.1, 0.15) is 0 Å². The summed E-state index contributed by atoms with van der Waals surface area (Å²) in [6, 6.07) is 19.3. The Morgan fingerprint density at radius 2 is 1.37 bits per heavy atom. The molecule has 0 fully saturated rings. The second-order valence-corrected chi connectivity index (χ2v) is 5.14. The highest BCUT2D eigenvalue weighted by molar-refractivity contribution is 5.90. The lowest BCUT2D eigenvalue weighted by molar-refractivity contribution is 1.22. The molecule has 0 heterocycles. The van der Waals surface area contributed by atoms with E-state index in [0.717, 1.165) is 6.42 Å². The molecule has 19 heavy (non-hydrogen) atoms. The van der Waals surface area contributed by atoms with Gasteiger partial charge in [-0.1, -0.05) is 66.2 Å². The van der Waals surface area contributed by atoms with E-state index >= 15 is 0 Å². The van der Waals surface area contributed by atoms with Crippen molar-refractivity contribution in [2.24, 2.45) is 0 Å². The van der Waals surface area contributed by atoms with E-state index in [1.165, 1.54) is 33.4 Å². The third-order valence-electron chi connectivity index (χ3n) is 3.96. The summed E-state index contributed by atoms with van der Waals surface area (Å²) in [4.78, 5) is 0. The molecule has 0 bridgehead atoms. The molecule has 3 rings (SSSR count). The van der Waals surface area contributed by atoms with Crippen molar-refractivity contribution in [1.82, 2.24) is 0 Å². The third-order valence-corrected chi connectivity index (χ3v) is 3.96.